The summed E-state index contributed by atoms with van der Waals surface area (Å²) in [5, 5.41) is 0. The number of amides is 2. The van der Waals surface area contributed by atoms with Crippen molar-refractivity contribution in [3.63, 3.8) is 0 Å². The van der Waals surface area contributed by atoms with Crippen LogP contribution >= 0.6 is 0 Å². The molecule has 0 fully saturated rings. The third-order valence-electron chi connectivity index (χ3n) is 5.48. The van der Waals surface area contributed by atoms with Crippen LogP contribution in [0.2, 0.25) is 0 Å². The highest BCUT2D eigenvalue weighted by atomic mass is 16.2. The average molecular weight is 326 g/mol. The second-order valence-electron chi connectivity index (χ2n) is 7.72. The number of hydrogen-bond donors (Lipinski definition) is 1. The maximum absolute atomic E-state index is 13.1. The minimum atomic E-state index is -0.384. The summed E-state index contributed by atoms with van der Waals surface area (Å²) in [5.74, 6) is 0.164. The lowest BCUT2D eigenvalue weighted by Gasteiger charge is -2.34. The van der Waals surface area contributed by atoms with Gasteiger partial charge in [-0.15, -0.1) is 0 Å². The van der Waals surface area contributed by atoms with Crippen LogP contribution < -0.4 is 5.73 Å². The number of urea groups is 1. The van der Waals surface area contributed by atoms with Crippen LogP contribution in [0, 0.1) is 5.41 Å². The Labute approximate surface area is 143 Å². The van der Waals surface area contributed by atoms with Crippen LogP contribution in [0.25, 0.3) is 0 Å². The summed E-state index contributed by atoms with van der Waals surface area (Å²) in [7, 11) is 0. The Balaban J connectivity index is 1.92. The zero-order valence-corrected chi connectivity index (χ0v) is 14.8. The van der Waals surface area contributed by atoms with Crippen LogP contribution in [0.1, 0.15) is 61.5 Å². The van der Waals surface area contributed by atoms with Gasteiger partial charge in [0, 0.05) is 24.2 Å². The molecule has 0 saturated heterocycles. The molecule has 1 aliphatic carbocycles. The van der Waals surface area contributed by atoms with E-state index in [1.165, 1.54) is 5.57 Å². The molecule has 3 rings (SSSR count). The Morgan fingerprint density at radius 3 is 2.58 bits per heavy atom. The standard InChI is InChI=1S/C20H26N2O2/c1-13-5-4-9-20(2,3)17(13)18(23)15-6-7-16-12-22(19(21)24)10-8-14(16)11-15/h6-7,11H,4-5,8-10,12H2,1-3H3,(H2,21,24). The van der Waals surface area contributed by atoms with Gasteiger partial charge in [0.25, 0.3) is 0 Å². The highest BCUT2D eigenvalue weighted by Crippen LogP contribution is 2.41. The molecular formula is C20H26N2O2. The number of benzene rings is 1. The second kappa shape index (κ2) is 6.08. The van der Waals surface area contributed by atoms with Crippen molar-refractivity contribution in [3.8, 4) is 0 Å². The number of hydrogen-bond acceptors (Lipinski definition) is 2. The van der Waals surface area contributed by atoms with Gasteiger partial charge in [-0.2, -0.15) is 0 Å². The van der Waals surface area contributed by atoms with Crippen molar-refractivity contribution in [1.29, 1.82) is 0 Å². The van der Waals surface area contributed by atoms with Crippen LogP contribution in [0.3, 0.4) is 0 Å². The van der Waals surface area contributed by atoms with E-state index in [-0.39, 0.29) is 17.2 Å². The lowest BCUT2D eigenvalue weighted by molar-refractivity contribution is 0.0997. The zero-order chi connectivity index (χ0) is 17.5. The molecule has 0 bridgehead atoms. The fourth-order valence-electron chi connectivity index (χ4n) is 4.15. The number of ketones is 1. The lowest BCUT2D eigenvalue weighted by Crippen LogP contribution is -2.39. The van der Waals surface area contributed by atoms with Crippen molar-refractivity contribution >= 4 is 11.8 Å². The van der Waals surface area contributed by atoms with Crippen LogP contribution in [-0.4, -0.2) is 23.3 Å². The first-order valence-corrected chi connectivity index (χ1v) is 8.71. The molecule has 0 unspecified atom stereocenters. The summed E-state index contributed by atoms with van der Waals surface area (Å²) in [6.07, 6.45) is 3.98. The molecule has 0 aromatic heterocycles. The molecule has 1 aromatic rings. The number of rotatable bonds is 2. The molecule has 0 radical (unpaired) electrons. The van der Waals surface area contributed by atoms with Gasteiger partial charge in [-0.05, 0) is 55.2 Å². The number of Topliss-reactive ketones (excluding diaryl/α,β-unsaturated/α-hetero) is 1. The summed E-state index contributed by atoms with van der Waals surface area (Å²) < 4.78 is 0. The minimum Gasteiger partial charge on any atom is -0.351 e. The topological polar surface area (TPSA) is 63.4 Å². The number of allylic oxidation sites excluding steroid dienone is 2. The van der Waals surface area contributed by atoms with Crippen molar-refractivity contribution in [2.45, 2.75) is 53.0 Å². The van der Waals surface area contributed by atoms with Gasteiger partial charge in [-0.25, -0.2) is 4.79 Å². The van der Waals surface area contributed by atoms with Gasteiger partial charge in [0.2, 0.25) is 0 Å². The Morgan fingerprint density at radius 1 is 1.17 bits per heavy atom. The molecule has 1 aromatic carbocycles. The molecule has 4 heteroatoms. The van der Waals surface area contributed by atoms with E-state index in [2.05, 4.69) is 20.8 Å². The first-order valence-electron chi connectivity index (χ1n) is 8.71. The lowest BCUT2D eigenvalue weighted by atomic mass is 9.70. The van der Waals surface area contributed by atoms with Crippen molar-refractivity contribution in [1.82, 2.24) is 4.90 Å². The quantitative estimate of drug-likeness (QED) is 0.839. The Bertz CT molecular complexity index is 731. The van der Waals surface area contributed by atoms with E-state index in [1.807, 2.05) is 18.2 Å². The minimum absolute atomic E-state index is 0.0575. The van der Waals surface area contributed by atoms with Gasteiger partial charge in [-0.3, -0.25) is 4.79 Å². The van der Waals surface area contributed by atoms with Crippen LogP contribution in [0.5, 0.6) is 0 Å². The predicted octanol–water partition coefficient (Wildman–Crippen LogP) is 3.83. The normalized spacial score (nSPS) is 19.9. The molecule has 0 saturated carbocycles. The Morgan fingerprint density at radius 2 is 1.92 bits per heavy atom. The van der Waals surface area contributed by atoms with Gasteiger partial charge in [0.05, 0.1) is 0 Å². The molecule has 24 heavy (non-hydrogen) atoms. The SMILES string of the molecule is CC1=C(C(=O)c2ccc3c(c2)CCN(C(N)=O)C3)C(C)(C)CCC1. The number of carbonyl (C=O) groups is 2. The summed E-state index contributed by atoms with van der Waals surface area (Å²) in [6, 6.07) is 5.51. The van der Waals surface area contributed by atoms with E-state index < -0.39 is 0 Å². The maximum Gasteiger partial charge on any atom is 0.315 e. The van der Waals surface area contributed by atoms with E-state index in [0.29, 0.717) is 13.1 Å². The van der Waals surface area contributed by atoms with Gasteiger partial charge in [-0.1, -0.05) is 31.6 Å². The highest BCUT2D eigenvalue weighted by Gasteiger charge is 2.33. The number of nitrogens with two attached hydrogens (primary N) is 1. The second-order valence-corrected chi connectivity index (χ2v) is 7.72. The predicted molar refractivity (Wildman–Crippen MR) is 94.8 cm³/mol. The summed E-state index contributed by atoms with van der Waals surface area (Å²) in [6.45, 7) is 7.59. The highest BCUT2D eigenvalue weighted by molar-refractivity contribution is 6.10. The third kappa shape index (κ3) is 2.97. The molecule has 0 atom stereocenters. The summed E-state index contributed by atoms with van der Waals surface area (Å²) in [4.78, 5) is 26.1. The van der Waals surface area contributed by atoms with Crippen molar-refractivity contribution in [2.24, 2.45) is 11.1 Å². The smallest absolute Gasteiger partial charge is 0.315 e. The molecule has 2 N–H and O–H groups in total. The van der Waals surface area contributed by atoms with Crippen molar-refractivity contribution in [2.75, 3.05) is 6.54 Å². The van der Waals surface area contributed by atoms with E-state index in [0.717, 1.165) is 47.9 Å². The Kier molecular flexibility index (Phi) is 4.24. The molecule has 2 amide bonds. The summed E-state index contributed by atoms with van der Waals surface area (Å²) >= 11 is 0. The van der Waals surface area contributed by atoms with E-state index in [9.17, 15) is 9.59 Å². The molecule has 2 aliphatic rings. The number of primary amides is 1. The van der Waals surface area contributed by atoms with Gasteiger partial charge < -0.3 is 10.6 Å². The molecule has 1 aliphatic heterocycles. The number of nitrogens with zero attached hydrogens (tertiary/aromatic N) is 1. The van der Waals surface area contributed by atoms with Crippen molar-refractivity contribution < 1.29 is 9.59 Å². The molecule has 1 heterocycles. The van der Waals surface area contributed by atoms with Crippen LogP contribution in [-0.2, 0) is 13.0 Å². The van der Waals surface area contributed by atoms with Crippen molar-refractivity contribution in [3.05, 3.63) is 46.0 Å². The van der Waals surface area contributed by atoms with E-state index in [1.54, 1.807) is 4.90 Å². The van der Waals surface area contributed by atoms with E-state index >= 15 is 0 Å². The first kappa shape index (κ1) is 16.7. The van der Waals surface area contributed by atoms with Crippen LogP contribution in [0.4, 0.5) is 4.79 Å². The fourth-order valence-corrected chi connectivity index (χ4v) is 4.15. The molecule has 4 nitrogen and oxygen atoms in total. The fraction of sp³-hybridized carbons (Fsp3) is 0.500. The maximum atomic E-state index is 13.1. The molecule has 0 spiro atoms. The first-order chi connectivity index (χ1) is 11.3. The molecule has 128 valence electrons. The van der Waals surface area contributed by atoms with Gasteiger partial charge >= 0.3 is 6.03 Å². The molecular weight excluding hydrogens is 300 g/mol. The van der Waals surface area contributed by atoms with Crippen LogP contribution in [0.15, 0.2) is 29.3 Å². The average Bonchev–Trinajstić information content (AvgIpc) is 2.52. The van der Waals surface area contributed by atoms with Gasteiger partial charge in [0.15, 0.2) is 5.78 Å². The largest absolute Gasteiger partial charge is 0.351 e. The van der Waals surface area contributed by atoms with E-state index in [4.69, 9.17) is 5.73 Å². The third-order valence-corrected chi connectivity index (χ3v) is 5.48. The number of carbonyl (C=O) groups excluding carboxylic acids is 2. The summed E-state index contributed by atoms with van der Waals surface area (Å²) in [5.41, 5.74) is 10.5. The van der Waals surface area contributed by atoms with Gasteiger partial charge in [0.1, 0.15) is 0 Å². The Hall–Kier alpha value is -2.10. The zero-order valence-electron chi connectivity index (χ0n) is 14.8. The monoisotopic (exact) mass is 326 g/mol. The number of fused-ring (bicyclic) bond motifs is 1.